The summed E-state index contributed by atoms with van der Waals surface area (Å²) in [6.07, 6.45) is 1.08. The third-order valence-electron chi connectivity index (χ3n) is 3.56. The van der Waals surface area contributed by atoms with Gasteiger partial charge in [-0.2, -0.15) is 0 Å². The highest BCUT2D eigenvalue weighted by Crippen LogP contribution is 2.30. The van der Waals surface area contributed by atoms with Gasteiger partial charge in [0.05, 0.1) is 7.11 Å². The molecular weight excluding hydrogens is 282 g/mol. The number of thiophene rings is 1. The average Bonchev–Trinajstić information content (AvgIpc) is 3.00. The van der Waals surface area contributed by atoms with Crippen molar-refractivity contribution in [1.82, 2.24) is 5.32 Å². The Hall–Kier alpha value is -1.52. The van der Waals surface area contributed by atoms with E-state index in [1.165, 1.54) is 9.75 Å². The van der Waals surface area contributed by atoms with E-state index in [4.69, 9.17) is 9.47 Å². The summed E-state index contributed by atoms with van der Waals surface area (Å²) in [5.74, 6) is 1.69. The molecule has 0 spiro atoms. The van der Waals surface area contributed by atoms with Gasteiger partial charge in [0, 0.05) is 27.4 Å². The minimum atomic E-state index is 0.237. The number of benzene rings is 1. The van der Waals surface area contributed by atoms with Crippen LogP contribution in [-0.2, 0) is 13.0 Å². The van der Waals surface area contributed by atoms with E-state index in [-0.39, 0.29) is 6.04 Å². The van der Waals surface area contributed by atoms with Gasteiger partial charge in [-0.05, 0) is 38.6 Å². The third-order valence-corrected chi connectivity index (χ3v) is 4.76. The lowest BCUT2D eigenvalue weighted by Gasteiger charge is -2.17. The molecule has 4 heteroatoms. The van der Waals surface area contributed by atoms with Gasteiger partial charge in [0.25, 0.3) is 0 Å². The number of ether oxygens (including phenoxy) is 2. The predicted octanol–water partition coefficient (Wildman–Crippen LogP) is 4.18. The van der Waals surface area contributed by atoms with E-state index in [2.05, 4.69) is 37.4 Å². The van der Waals surface area contributed by atoms with E-state index in [0.717, 1.165) is 23.5 Å². The van der Waals surface area contributed by atoms with E-state index in [0.29, 0.717) is 6.61 Å². The van der Waals surface area contributed by atoms with Gasteiger partial charge in [-0.25, -0.2) is 0 Å². The number of methoxy groups -OCH3 is 1. The fourth-order valence-corrected chi connectivity index (χ4v) is 2.99. The van der Waals surface area contributed by atoms with Gasteiger partial charge < -0.3 is 14.8 Å². The zero-order valence-electron chi connectivity index (χ0n) is 13.1. The number of rotatable bonds is 7. The van der Waals surface area contributed by atoms with E-state index in [1.807, 2.05) is 30.5 Å². The maximum atomic E-state index is 6.04. The van der Waals surface area contributed by atoms with E-state index in [9.17, 15) is 0 Å². The first kappa shape index (κ1) is 15.9. The molecule has 2 aromatic rings. The molecule has 0 bridgehead atoms. The third kappa shape index (κ3) is 3.99. The van der Waals surface area contributed by atoms with Crippen molar-refractivity contribution in [1.29, 1.82) is 0 Å². The van der Waals surface area contributed by atoms with Crippen LogP contribution in [0, 0.1) is 0 Å². The van der Waals surface area contributed by atoms with Gasteiger partial charge in [-0.1, -0.05) is 13.0 Å². The lowest BCUT2D eigenvalue weighted by Crippen LogP contribution is -2.13. The minimum absolute atomic E-state index is 0.237. The van der Waals surface area contributed by atoms with Gasteiger partial charge in [0.1, 0.15) is 18.1 Å². The molecule has 1 aromatic heterocycles. The summed E-state index contributed by atoms with van der Waals surface area (Å²) in [5, 5.41) is 3.25. The molecule has 1 unspecified atom stereocenters. The minimum Gasteiger partial charge on any atom is -0.497 e. The summed E-state index contributed by atoms with van der Waals surface area (Å²) >= 11 is 1.81. The van der Waals surface area contributed by atoms with Crippen molar-refractivity contribution in [3.8, 4) is 11.5 Å². The molecule has 21 heavy (non-hydrogen) atoms. The van der Waals surface area contributed by atoms with Crippen molar-refractivity contribution in [3.63, 3.8) is 0 Å². The monoisotopic (exact) mass is 305 g/mol. The summed E-state index contributed by atoms with van der Waals surface area (Å²) < 4.78 is 11.3. The summed E-state index contributed by atoms with van der Waals surface area (Å²) in [7, 11) is 3.62. The smallest absolute Gasteiger partial charge is 0.128 e. The maximum Gasteiger partial charge on any atom is 0.128 e. The normalized spacial score (nSPS) is 12.2. The SMILES string of the molecule is CCc1ccc(COc2cc(OC)ccc2C(C)NC)s1. The Morgan fingerprint density at radius 1 is 1.19 bits per heavy atom. The Morgan fingerprint density at radius 2 is 1.95 bits per heavy atom. The lowest BCUT2D eigenvalue weighted by atomic mass is 10.1. The van der Waals surface area contributed by atoms with Crippen LogP contribution in [0.5, 0.6) is 11.5 Å². The average molecular weight is 305 g/mol. The van der Waals surface area contributed by atoms with E-state index < -0.39 is 0 Å². The fourth-order valence-electron chi connectivity index (χ4n) is 2.12. The number of hydrogen-bond acceptors (Lipinski definition) is 4. The van der Waals surface area contributed by atoms with Crippen molar-refractivity contribution >= 4 is 11.3 Å². The predicted molar refractivity (Wildman–Crippen MR) is 88.5 cm³/mol. The van der Waals surface area contributed by atoms with Crippen LogP contribution in [0.3, 0.4) is 0 Å². The van der Waals surface area contributed by atoms with Crippen molar-refractivity contribution in [3.05, 3.63) is 45.6 Å². The molecule has 0 amide bonds. The van der Waals surface area contributed by atoms with Crippen LogP contribution in [0.15, 0.2) is 30.3 Å². The molecule has 0 aliphatic carbocycles. The Kier molecular flexibility index (Phi) is 5.65. The molecule has 0 aliphatic heterocycles. The molecule has 1 aromatic carbocycles. The van der Waals surface area contributed by atoms with Gasteiger partial charge in [-0.15, -0.1) is 11.3 Å². The molecule has 1 N–H and O–H groups in total. The molecule has 114 valence electrons. The largest absolute Gasteiger partial charge is 0.497 e. The quantitative estimate of drug-likeness (QED) is 0.832. The van der Waals surface area contributed by atoms with Gasteiger partial charge in [0.2, 0.25) is 0 Å². The van der Waals surface area contributed by atoms with Crippen LogP contribution in [0.4, 0.5) is 0 Å². The first-order chi connectivity index (χ1) is 10.2. The molecule has 0 saturated heterocycles. The van der Waals surface area contributed by atoms with Crippen molar-refractivity contribution in [2.75, 3.05) is 14.2 Å². The second-order valence-corrected chi connectivity index (χ2v) is 6.18. The summed E-state index contributed by atoms with van der Waals surface area (Å²) in [4.78, 5) is 2.64. The van der Waals surface area contributed by atoms with E-state index >= 15 is 0 Å². The van der Waals surface area contributed by atoms with Crippen LogP contribution in [0.1, 0.15) is 35.2 Å². The highest BCUT2D eigenvalue weighted by atomic mass is 32.1. The van der Waals surface area contributed by atoms with Gasteiger partial charge in [0.15, 0.2) is 0 Å². The summed E-state index contributed by atoms with van der Waals surface area (Å²) in [5.41, 5.74) is 1.14. The first-order valence-electron chi connectivity index (χ1n) is 7.23. The molecule has 0 aliphatic rings. The number of hydrogen-bond donors (Lipinski definition) is 1. The zero-order valence-corrected chi connectivity index (χ0v) is 13.9. The molecule has 1 heterocycles. The van der Waals surface area contributed by atoms with Crippen LogP contribution in [-0.4, -0.2) is 14.2 Å². The van der Waals surface area contributed by atoms with Crippen LogP contribution in [0.2, 0.25) is 0 Å². The van der Waals surface area contributed by atoms with Gasteiger partial charge in [-0.3, -0.25) is 0 Å². The van der Waals surface area contributed by atoms with Crippen molar-refractivity contribution in [2.45, 2.75) is 32.9 Å². The molecule has 1 atom stereocenters. The first-order valence-corrected chi connectivity index (χ1v) is 8.05. The molecule has 3 nitrogen and oxygen atoms in total. The Balaban J connectivity index is 2.16. The number of nitrogens with one attached hydrogen (secondary N) is 1. The molecule has 0 saturated carbocycles. The Morgan fingerprint density at radius 3 is 2.57 bits per heavy atom. The molecule has 2 rings (SSSR count). The lowest BCUT2D eigenvalue weighted by molar-refractivity contribution is 0.301. The standard InChI is InChI=1S/C17H23NO2S/c1-5-14-7-8-15(21-14)11-20-17-10-13(19-4)6-9-16(17)12(2)18-3/h6-10,12,18H,5,11H2,1-4H3. The maximum absolute atomic E-state index is 6.04. The van der Waals surface area contributed by atoms with Crippen molar-refractivity contribution < 1.29 is 9.47 Å². The highest BCUT2D eigenvalue weighted by molar-refractivity contribution is 7.11. The van der Waals surface area contributed by atoms with Crippen LogP contribution >= 0.6 is 11.3 Å². The molecule has 0 fully saturated rings. The second-order valence-electron chi connectivity index (χ2n) is 4.92. The Labute approximate surface area is 130 Å². The summed E-state index contributed by atoms with van der Waals surface area (Å²) in [6, 6.07) is 10.5. The van der Waals surface area contributed by atoms with Crippen molar-refractivity contribution in [2.24, 2.45) is 0 Å². The summed E-state index contributed by atoms with van der Waals surface area (Å²) in [6.45, 7) is 4.89. The highest BCUT2D eigenvalue weighted by Gasteiger charge is 2.12. The topological polar surface area (TPSA) is 30.5 Å². The van der Waals surface area contributed by atoms with E-state index in [1.54, 1.807) is 7.11 Å². The zero-order chi connectivity index (χ0) is 15.2. The van der Waals surface area contributed by atoms with Crippen LogP contribution < -0.4 is 14.8 Å². The molecule has 0 radical (unpaired) electrons. The molecular formula is C17H23NO2S. The van der Waals surface area contributed by atoms with Crippen LogP contribution in [0.25, 0.3) is 0 Å². The Bertz CT molecular complexity index is 580. The second kappa shape index (κ2) is 7.48. The number of aryl methyl sites for hydroxylation is 1. The van der Waals surface area contributed by atoms with Gasteiger partial charge >= 0.3 is 0 Å². The fraction of sp³-hybridized carbons (Fsp3) is 0.412.